The first-order valence-electron chi connectivity index (χ1n) is 22.1. The predicted molar refractivity (Wildman–Crippen MR) is 268 cm³/mol. The summed E-state index contributed by atoms with van der Waals surface area (Å²) in [5.41, 5.74) is 18.8. The molecule has 0 fully saturated rings. The zero-order chi connectivity index (χ0) is 44.0. The van der Waals surface area contributed by atoms with Crippen LogP contribution < -0.4 is 4.90 Å². The number of fused-ring (bicyclic) bond motifs is 2. The molecule has 0 spiro atoms. The van der Waals surface area contributed by atoms with Crippen molar-refractivity contribution in [2.75, 3.05) is 4.90 Å². The van der Waals surface area contributed by atoms with Gasteiger partial charge in [0.15, 0.2) is 0 Å². The summed E-state index contributed by atoms with van der Waals surface area (Å²) in [6.45, 7) is 13.6. The van der Waals surface area contributed by atoms with Crippen LogP contribution in [-0.2, 0) is 10.8 Å². The number of nitrogens with zero attached hydrogens (tertiary/aromatic N) is 5. The molecule has 0 aliphatic heterocycles. The number of para-hydroxylation sites is 1. The molecule has 0 atom stereocenters. The standard InChI is InChI=1S/C59H51N5/c1-58(2,3)45-28-20-40(21-29-45)50-37-52-53(38-51(50)41-22-30-46(31-23-41)59(4,5)6)62-57(56(61-52)43-15-9-7-10-16-43)44-26-34-49(35-27-44)64(47-17-11-8-12-18-47)48-32-24-42(25-33-48)54-39-63-36-14-13-19-55(63)60-54/h7-39H,1-6H3. The van der Waals surface area contributed by atoms with Gasteiger partial charge in [0.25, 0.3) is 0 Å². The molecule has 3 aromatic heterocycles. The van der Waals surface area contributed by atoms with E-state index in [1.54, 1.807) is 0 Å². The number of aromatic nitrogens is 4. The Bertz CT molecular complexity index is 3200. The third kappa shape index (κ3) is 7.97. The molecular formula is C59H51N5. The lowest BCUT2D eigenvalue weighted by atomic mass is 9.84. The van der Waals surface area contributed by atoms with Crippen molar-refractivity contribution in [3.05, 3.63) is 212 Å². The first-order chi connectivity index (χ1) is 31.0. The smallest absolute Gasteiger partial charge is 0.137 e. The van der Waals surface area contributed by atoms with Crippen molar-refractivity contribution in [2.45, 2.75) is 52.4 Å². The van der Waals surface area contributed by atoms with E-state index in [2.05, 4.69) is 221 Å². The maximum Gasteiger partial charge on any atom is 0.137 e. The van der Waals surface area contributed by atoms with Gasteiger partial charge in [-0.15, -0.1) is 0 Å². The highest BCUT2D eigenvalue weighted by Crippen LogP contribution is 2.41. The van der Waals surface area contributed by atoms with Gasteiger partial charge < -0.3 is 9.30 Å². The highest BCUT2D eigenvalue weighted by atomic mass is 15.1. The maximum absolute atomic E-state index is 5.51. The second-order valence-corrected chi connectivity index (χ2v) is 18.7. The molecule has 312 valence electrons. The summed E-state index contributed by atoms with van der Waals surface area (Å²) < 4.78 is 2.05. The molecule has 0 N–H and O–H groups in total. The summed E-state index contributed by atoms with van der Waals surface area (Å²) in [6, 6.07) is 66.9. The molecule has 10 aromatic rings. The number of anilines is 3. The number of rotatable bonds is 8. The third-order valence-corrected chi connectivity index (χ3v) is 12.2. The summed E-state index contributed by atoms with van der Waals surface area (Å²) in [6.07, 6.45) is 4.11. The molecular weight excluding hydrogens is 779 g/mol. The number of hydrogen-bond acceptors (Lipinski definition) is 4. The molecule has 7 aromatic carbocycles. The van der Waals surface area contributed by atoms with Crippen LogP contribution in [0.1, 0.15) is 52.7 Å². The Morgan fingerprint density at radius 1 is 0.391 bits per heavy atom. The van der Waals surface area contributed by atoms with E-state index in [0.717, 1.165) is 89.8 Å². The van der Waals surface area contributed by atoms with Gasteiger partial charge in [0.2, 0.25) is 0 Å². The average molecular weight is 830 g/mol. The summed E-state index contributed by atoms with van der Waals surface area (Å²) >= 11 is 0. The Morgan fingerprint density at radius 3 is 1.30 bits per heavy atom. The average Bonchev–Trinajstić information content (AvgIpc) is 3.76. The van der Waals surface area contributed by atoms with Crippen LogP contribution >= 0.6 is 0 Å². The van der Waals surface area contributed by atoms with E-state index in [-0.39, 0.29) is 10.8 Å². The Hall–Kier alpha value is -7.63. The number of hydrogen-bond donors (Lipinski definition) is 0. The Morgan fingerprint density at radius 2 is 0.812 bits per heavy atom. The lowest BCUT2D eigenvalue weighted by molar-refractivity contribution is 0.590. The molecule has 0 saturated carbocycles. The van der Waals surface area contributed by atoms with Crippen LogP contribution in [0.4, 0.5) is 17.1 Å². The van der Waals surface area contributed by atoms with Gasteiger partial charge in [0, 0.05) is 46.1 Å². The van der Waals surface area contributed by atoms with Gasteiger partial charge >= 0.3 is 0 Å². The van der Waals surface area contributed by atoms with Gasteiger partial charge in [0.1, 0.15) is 5.65 Å². The summed E-state index contributed by atoms with van der Waals surface area (Å²) in [7, 11) is 0. The van der Waals surface area contributed by atoms with E-state index in [9.17, 15) is 0 Å². The lowest BCUT2D eigenvalue weighted by Gasteiger charge is -2.26. The zero-order valence-corrected chi connectivity index (χ0v) is 37.3. The van der Waals surface area contributed by atoms with Crippen LogP contribution in [0, 0.1) is 0 Å². The molecule has 0 aliphatic rings. The number of imidazole rings is 1. The first-order valence-corrected chi connectivity index (χ1v) is 22.1. The van der Waals surface area contributed by atoms with E-state index in [4.69, 9.17) is 15.0 Å². The van der Waals surface area contributed by atoms with Gasteiger partial charge in [-0.25, -0.2) is 15.0 Å². The van der Waals surface area contributed by atoms with Crippen molar-refractivity contribution in [3.8, 4) is 56.0 Å². The van der Waals surface area contributed by atoms with E-state index in [1.807, 2.05) is 30.5 Å². The minimum Gasteiger partial charge on any atom is -0.311 e. The summed E-state index contributed by atoms with van der Waals surface area (Å²) in [5, 5.41) is 0. The molecule has 5 nitrogen and oxygen atoms in total. The summed E-state index contributed by atoms with van der Waals surface area (Å²) in [4.78, 5) is 18.1. The minimum atomic E-state index is 0.0524. The van der Waals surface area contributed by atoms with Crippen LogP contribution in [0.3, 0.4) is 0 Å². The van der Waals surface area contributed by atoms with E-state index >= 15 is 0 Å². The highest BCUT2D eigenvalue weighted by molar-refractivity contribution is 5.96. The van der Waals surface area contributed by atoms with Gasteiger partial charge in [-0.2, -0.15) is 0 Å². The van der Waals surface area contributed by atoms with Crippen molar-refractivity contribution in [1.82, 2.24) is 19.4 Å². The second kappa shape index (κ2) is 16.2. The van der Waals surface area contributed by atoms with Crippen LogP contribution in [0.5, 0.6) is 0 Å². The Labute approximate surface area is 376 Å². The van der Waals surface area contributed by atoms with Crippen molar-refractivity contribution >= 4 is 33.7 Å². The van der Waals surface area contributed by atoms with Crippen LogP contribution in [-0.4, -0.2) is 19.4 Å². The predicted octanol–water partition coefficient (Wildman–Crippen LogP) is 15.7. The maximum atomic E-state index is 5.51. The van der Waals surface area contributed by atoms with Gasteiger partial charge in [-0.1, -0.05) is 169 Å². The fraction of sp³-hybridized carbons (Fsp3) is 0.136. The molecule has 5 heteroatoms. The molecule has 0 radical (unpaired) electrons. The third-order valence-electron chi connectivity index (χ3n) is 12.2. The minimum absolute atomic E-state index is 0.0524. The van der Waals surface area contributed by atoms with Gasteiger partial charge in [-0.3, -0.25) is 0 Å². The van der Waals surface area contributed by atoms with Crippen molar-refractivity contribution < 1.29 is 0 Å². The fourth-order valence-corrected chi connectivity index (χ4v) is 8.53. The molecule has 0 aliphatic carbocycles. The molecule has 0 saturated heterocycles. The van der Waals surface area contributed by atoms with E-state index < -0.39 is 0 Å². The highest BCUT2D eigenvalue weighted by Gasteiger charge is 2.21. The topological polar surface area (TPSA) is 46.3 Å². The first kappa shape index (κ1) is 40.4. The van der Waals surface area contributed by atoms with Crippen LogP contribution in [0.2, 0.25) is 0 Å². The van der Waals surface area contributed by atoms with Crippen molar-refractivity contribution in [2.24, 2.45) is 0 Å². The fourth-order valence-electron chi connectivity index (χ4n) is 8.53. The lowest BCUT2D eigenvalue weighted by Crippen LogP contribution is -2.10. The molecule has 0 amide bonds. The van der Waals surface area contributed by atoms with E-state index in [1.165, 1.54) is 11.1 Å². The van der Waals surface area contributed by atoms with Crippen LogP contribution in [0.25, 0.3) is 72.7 Å². The molecule has 0 bridgehead atoms. The normalized spacial score (nSPS) is 11.9. The Kier molecular flexibility index (Phi) is 10.3. The monoisotopic (exact) mass is 829 g/mol. The van der Waals surface area contributed by atoms with Gasteiger partial charge in [0.05, 0.1) is 28.1 Å². The zero-order valence-electron chi connectivity index (χ0n) is 37.3. The van der Waals surface area contributed by atoms with E-state index in [0.29, 0.717) is 0 Å². The second-order valence-electron chi connectivity index (χ2n) is 18.7. The van der Waals surface area contributed by atoms with Crippen molar-refractivity contribution in [1.29, 1.82) is 0 Å². The molecule has 64 heavy (non-hydrogen) atoms. The largest absolute Gasteiger partial charge is 0.311 e. The van der Waals surface area contributed by atoms with Crippen molar-refractivity contribution in [3.63, 3.8) is 0 Å². The summed E-state index contributed by atoms with van der Waals surface area (Å²) in [5.74, 6) is 0. The molecule has 10 rings (SSSR count). The SMILES string of the molecule is CC(C)(C)c1ccc(-c2cc3nc(-c4ccccc4)c(-c4ccc(N(c5ccccc5)c5ccc(-c6cn7ccccc7n6)cc5)cc4)nc3cc2-c2ccc(C(C)(C)C)cc2)cc1. The Balaban J connectivity index is 1.08. The van der Waals surface area contributed by atoms with Crippen LogP contribution in [0.15, 0.2) is 200 Å². The van der Waals surface area contributed by atoms with Gasteiger partial charge in [-0.05, 0) is 105 Å². The quantitative estimate of drug-likeness (QED) is 0.153. The molecule has 0 unspecified atom stereocenters. The number of benzene rings is 7. The molecule has 3 heterocycles. The number of pyridine rings is 1.